The predicted molar refractivity (Wildman–Crippen MR) is 72.9 cm³/mol. The third-order valence-corrected chi connectivity index (χ3v) is 3.86. The molecule has 1 fully saturated rings. The van der Waals surface area contributed by atoms with Crippen LogP contribution in [-0.4, -0.2) is 23.0 Å². The first-order chi connectivity index (χ1) is 8.74. The lowest BCUT2D eigenvalue weighted by molar-refractivity contribution is 0.192. The van der Waals surface area contributed by atoms with Crippen molar-refractivity contribution in [2.75, 3.05) is 5.32 Å². The van der Waals surface area contributed by atoms with Crippen LogP contribution in [-0.2, 0) is 0 Å². The van der Waals surface area contributed by atoms with Gasteiger partial charge in [0.2, 0.25) is 0 Å². The topological polar surface area (TPSA) is 32.3 Å². The Kier molecular flexibility index (Phi) is 3.00. The number of nitrogens with one attached hydrogen (secondary N) is 1. The minimum atomic E-state index is -0.0193. The van der Waals surface area contributed by atoms with Gasteiger partial charge in [0.25, 0.3) is 0 Å². The molecule has 1 aromatic rings. The van der Waals surface area contributed by atoms with Crippen LogP contribution in [0, 0.1) is 0 Å². The zero-order chi connectivity index (χ0) is 12.5. The van der Waals surface area contributed by atoms with Crippen molar-refractivity contribution in [1.29, 1.82) is 0 Å². The van der Waals surface area contributed by atoms with Crippen molar-refractivity contribution in [3.8, 4) is 0 Å². The van der Waals surface area contributed by atoms with Crippen molar-refractivity contribution in [3.63, 3.8) is 0 Å². The number of rotatable bonds is 1. The van der Waals surface area contributed by atoms with Gasteiger partial charge in [-0.3, -0.25) is 0 Å². The zero-order valence-electron chi connectivity index (χ0n) is 9.97. The molecule has 0 radical (unpaired) electrons. The van der Waals surface area contributed by atoms with Crippen LogP contribution in [0.5, 0.6) is 0 Å². The van der Waals surface area contributed by atoms with Crippen LogP contribution < -0.4 is 5.32 Å². The molecule has 0 saturated carbocycles. The number of amides is 2. The summed E-state index contributed by atoms with van der Waals surface area (Å²) in [5, 5.41) is 3.56. The number of hydrogen-bond acceptors (Lipinski definition) is 1. The fourth-order valence-corrected chi connectivity index (χ4v) is 2.99. The molecule has 4 heteroatoms. The van der Waals surface area contributed by atoms with Gasteiger partial charge in [-0.25, -0.2) is 4.79 Å². The largest absolute Gasteiger partial charge is 0.322 e. The van der Waals surface area contributed by atoms with Crippen LogP contribution in [0.4, 0.5) is 10.5 Å². The van der Waals surface area contributed by atoms with Gasteiger partial charge < -0.3 is 10.2 Å². The van der Waals surface area contributed by atoms with Crippen molar-refractivity contribution < 1.29 is 4.79 Å². The second kappa shape index (κ2) is 4.65. The number of anilines is 1. The van der Waals surface area contributed by atoms with E-state index in [1.54, 1.807) is 12.1 Å². The molecule has 2 atom stereocenters. The quantitative estimate of drug-likeness (QED) is 0.770. The van der Waals surface area contributed by atoms with E-state index in [9.17, 15) is 4.79 Å². The molecule has 1 saturated heterocycles. The molecule has 2 bridgehead atoms. The Balaban J connectivity index is 1.74. The van der Waals surface area contributed by atoms with Crippen molar-refractivity contribution in [3.05, 3.63) is 41.4 Å². The summed E-state index contributed by atoms with van der Waals surface area (Å²) < 4.78 is 0. The van der Waals surface area contributed by atoms with E-state index >= 15 is 0 Å². The lowest BCUT2D eigenvalue weighted by Crippen LogP contribution is -2.44. The number of nitrogens with zero attached hydrogens (tertiary/aromatic N) is 1. The highest BCUT2D eigenvalue weighted by Gasteiger charge is 2.37. The molecule has 2 unspecified atom stereocenters. The summed E-state index contributed by atoms with van der Waals surface area (Å²) in [6, 6.07) is 7.86. The number of benzene rings is 1. The molecule has 18 heavy (non-hydrogen) atoms. The van der Waals surface area contributed by atoms with Crippen LogP contribution in [0.3, 0.4) is 0 Å². The Labute approximate surface area is 111 Å². The van der Waals surface area contributed by atoms with E-state index < -0.39 is 0 Å². The fourth-order valence-electron chi connectivity index (χ4n) is 2.80. The van der Waals surface area contributed by atoms with Gasteiger partial charge in [0.15, 0.2) is 0 Å². The first-order valence-corrected chi connectivity index (χ1v) is 6.63. The zero-order valence-corrected chi connectivity index (χ0v) is 10.7. The van der Waals surface area contributed by atoms with Crippen LogP contribution in [0.15, 0.2) is 36.4 Å². The first-order valence-electron chi connectivity index (χ1n) is 6.25. The van der Waals surface area contributed by atoms with E-state index in [-0.39, 0.29) is 12.1 Å². The molecule has 2 heterocycles. The van der Waals surface area contributed by atoms with Gasteiger partial charge in [-0.1, -0.05) is 29.8 Å². The Morgan fingerprint density at radius 2 is 2.28 bits per heavy atom. The molecule has 1 aromatic carbocycles. The highest BCUT2D eigenvalue weighted by atomic mass is 35.5. The molecule has 0 aliphatic carbocycles. The van der Waals surface area contributed by atoms with E-state index in [2.05, 4.69) is 17.5 Å². The summed E-state index contributed by atoms with van der Waals surface area (Å²) in [5.74, 6) is 0. The van der Waals surface area contributed by atoms with Crippen molar-refractivity contribution >= 4 is 23.3 Å². The average Bonchev–Trinajstić information content (AvgIpc) is 2.60. The van der Waals surface area contributed by atoms with Gasteiger partial charge >= 0.3 is 6.03 Å². The van der Waals surface area contributed by atoms with E-state index in [1.807, 2.05) is 17.0 Å². The van der Waals surface area contributed by atoms with Gasteiger partial charge in [-0.05, 0) is 37.5 Å². The number of carbonyl (C=O) groups is 1. The van der Waals surface area contributed by atoms with Gasteiger partial charge in [0, 0.05) is 16.8 Å². The van der Waals surface area contributed by atoms with Crippen LogP contribution in [0.2, 0.25) is 5.02 Å². The standard InChI is InChI=1S/C14H15ClN2O/c15-10-3-1-4-11(9-10)16-14(18)17-12-5-2-6-13(17)8-7-12/h1-5,9,12-13H,6-8H2,(H,16,18). The third-order valence-electron chi connectivity index (χ3n) is 3.62. The monoisotopic (exact) mass is 262 g/mol. The summed E-state index contributed by atoms with van der Waals surface area (Å²) in [7, 11) is 0. The van der Waals surface area contributed by atoms with Crippen molar-refractivity contribution in [1.82, 2.24) is 4.90 Å². The minimum Gasteiger partial charge on any atom is -0.315 e. The molecule has 94 valence electrons. The number of fused-ring (bicyclic) bond motifs is 2. The van der Waals surface area contributed by atoms with E-state index in [4.69, 9.17) is 11.6 Å². The van der Waals surface area contributed by atoms with Crippen LogP contribution in [0.1, 0.15) is 19.3 Å². The lowest BCUT2D eigenvalue weighted by Gasteiger charge is -2.31. The first kappa shape index (κ1) is 11.6. The van der Waals surface area contributed by atoms with Crippen molar-refractivity contribution in [2.24, 2.45) is 0 Å². The predicted octanol–water partition coefficient (Wildman–Crippen LogP) is 3.66. The van der Waals surface area contributed by atoms with E-state index in [0.717, 1.165) is 24.9 Å². The number of hydrogen-bond donors (Lipinski definition) is 1. The smallest absolute Gasteiger partial charge is 0.315 e. The summed E-state index contributed by atoms with van der Waals surface area (Å²) in [5.41, 5.74) is 0.751. The Morgan fingerprint density at radius 3 is 3.06 bits per heavy atom. The van der Waals surface area contributed by atoms with E-state index in [1.165, 1.54) is 0 Å². The fraction of sp³-hybridized carbons (Fsp3) is 0.357. The summed E-state index contributed by atoms with van der Waals surface area (Å²) in [4.78, 5) is 14.2. The van der Waals surface area contributed by atoms with Gasteiger partial charge in [-0.15, -0.1) is 0 Å². The molecule has 2 amide bonds. The maximum atomic E-state index is 12.3. The summed E-state index contributed by atoms with van der Waals surface area (Å²) >= 11 is 5.91. The van der Waals surface area contributed by atoms with Gasteiger partial charge in [0.05, 0.1) is 6.04 Å². The normalized spacial score (nSPS) is 25.3. The lowest BCUT2D eigenvalue weighted by atomic mass is 10.1. The average molecular weight is 263 g/mol. The third kappa shape index (κ3) is 2.10. The minimum absolute atomic E-state index is 0.0193. The molecule has 0 spiro atoms. The molecule has 3 nitrogen and oxygen atoms in total. The molecule has 2 aliphatic heterocycles. The molecular formula is C14H15ClN2O. The Hall–Kier alpha value is -1.48. The molecule has 1 N–H and O–H groups in total. The second-order valence-corrected chi connectivity index (χ2v) is 5.25. The molecule has 3 rings (SSSR count). The summed E-state index contributed by atoms with van der Waals surface area (Å²) in [6.45, 7) is 0. The highest BCUT2D eigenvalue weighted by Crippen LogP contribution is 2.32. The van der Waals surface area contributed by atoms with E-state index in [0.29, 0.717) is 11.1 Å². The number of carbonyl (C=O) groups excluding carboxylic acids is 1. The van der Waals surface area contributed by atoms with Gasteiger partial charge in [-0.2, -0.15) is 0 Å². The molecule has 0 aromatic heterocycles. The second-order valence-electron chi connectivity index (χ2n) is 4.81. The maximum absolute atomic E-state index is 12.3. The maximum Gasteiger partial charge on any atom is 0.322 e. The molecule has 2 aliphatic rings. The Morgan fingerprint density at radius 1 is 1.39 bits per heavy atom. The molecular weight excluding hydrogens is 248 g/mol. The van der Waals surface area contributed by atoms with Crippen molar-refractivity contribution in [2.45, 2.75) is 31.3 Å². The summed E-state index contributed by atoms with van der Waals surface area (Å²) in [6.07, 6.45) is 7.47. The van der Waals surface area contributed by atoms with Crippen LogP contribution in [0.25, 0.3) is 0 Å². The highest BCUT2D eigenvalue weighted by molar-refractivity contribution is 6.30. The Bertz CT molecular complexity index is 500. The van der Waals surface area contributed by atoms with Gasteiger partial charge in [0.1, 0.15) is 0 Å². The number of urea groups is 1. The van der Waals surface area contributed by atoms with Crippen LogP contribution >= 0.6 is 11.6 Å². The SMILES string of the molecule is O=C(Nc1cccc(Cl)c1)N1C2C=CCC1CC2. The number of halogens is 1.